The van der Waals surface area contributed by atoms with Gasteiger partial charge in [0.2, 0.25) is 5.91 Å². The summed E-state index contributed by atoms with van der Waals surface area (Å²) in [6.45, 7) is 5.46. The Bertz CT molecular complexity index is 726. The topological polar surface area (TPSA) is 87.7 Å². The number of amides is 3. The smallest absolute Gasteiger partial charge is 0.313 e. The van der Waals surface area contributed by atoms with Gasteiger partial charge in [-0.25, -0.2) is 0 Å². The van der Waals surface area contributed by atoms with Gasteiger partial charge in [-0.1, -0.05) is 19.9 Å². The molecule has 0 saturated carbocycles. The maximum Gasteiger partial charge on any atom is 0.313 e. The Kier molecular flexibility index (Phi) is 6.11. The Morgan fingerprint density at radius 1 is 1.22 bits per heavy atom. The van der Waals surface area contributed by atoms with Crippen LogP contribution in [0.3, 0.4) is 0 Å². The highest BCUT2D eigenvalue weighted by atomic mass is 16.5. The normalized spacial score (nSPS) is 18.9. The van der Waals surface area contributed by atoms with Crippen molar-refractivity contribution in [2.45, 2.75) is 45.6 Å². The number of ether oxygens (including phenoxy) is 1. The summed E-state index contributed by atoms with van der Waals surface area (Å²) in [6.07, 6.45) is 3.68. The van der Waals surface area contributed by atoms with Gasteiger partial charge in [-0.3, -0.25) is 14.4 Å². The van der Waals surface area contributed by atoms with Gasteiger partial charge >= 0.3 is 11.8 Å². The molecule has 1 aromatic carbocycles. The number of hydrogen-bond donors (Lipinski definition) is 2. The van der Waals surface area contributed by atoms with Gasteiger partial charge in [0, 0.05) is 37.0 Å². The zero-order valence-electron chi connectivity index (χ0n) is 15.9. The number of anilines is 2. The summed E-state index contributed by atoms with van der Waals surface area (Å²) < 4.78 is 5.43. The first kappa shape index (κ1) is 19.4. The van der Waals surface area contributed by atoms with Crippen molar-refractivity contribution in [1.29, 1.82) is 0 Å². The molecule has 0 aromatic heterocycles. The summed E-state index contributed by atoms with van der Waals surface area (Å²) >= 11 is 0. The number of fused-ring (bicyclic) bond motifs is 1. The van der Waals surface area contributed by atoms with Crippen molar-refractivity contribution in [3.63, 3.8) is 0 Å². The van der Waals surface area contributed by atoms with E-state index in [1.807, 2.05) is 19.9 Å². The van der Waals surface area contributed by atoms with Crippen molar-refractivity contribution >= 4 is 29.1 Å². The maximum atomic E-state index is 12.5. The Morgan fingerprint density at radius 3 is 2.74 bits per heavy atom. The van der Waals surface area contributed by atoms with E-state index in [-0.39, 0.29) is 17.9 Å². The summed E-state index contributed by atoms with van der Waals surface area (Å²) in [5.41, 5.74) is 2.41. The van der Waals surface area contributed by atoms with Gasteiger partial charge in [-0.05, 0) is 43.4 Å². The molecule has 2 aliphatic heterocycles. The lowest BCUT2D eigenvalue weighted by Crippen LogP contribution is -2.40. The molecule has 0 spiro atoms. The highest BCUT2D eigenvalue weighted by molar-refractivity contribution is 6.39. The molecule has 2 heterocycles. The molecule has 3 rings (SSSR count). The average Bonchev–Trinajstić information content (AvgIpc) is 3.18. The van der Waals surface area contributed by atoms with Crippen LogP contribution in [0.5, 0.6) is 0 Å². The fourth-order valence-corrected chi connectivity index (χ4v) is 3.47. The molecule has 1 aromatic rings. The maximum absolute atomic E-state index is 12.5. The van der Waals surface area contributed by atoms with Crippen LogP contribution in [0.1, 0.15) is 38.7 Å². The number of aryl methyl sites for hydroxylation is 1. The van der Waals surface area contributed by atoms with Gasteiger partial charge in [0.05, 0.1) is 6.10 Å². The highest BCUT2D eigenvalue weighted by Gasteiger charge is 2.25. The van der Waals surface area contributed by atoms with E-state index in [1.165, 1.54) is 0 Å². The summed E-state index contributed by atoms with van der Waals surface area (Å²) in [4.78, 5) is 38.4. The molecule has 2 N–H and O–H groups in total. The van der Waals surface area contributed by atoms with Crippen LogP contribution in [-0.4, -0.2) is 43.5 Å². The number of carbonyl (C=O) groups is 3. The van der Waals surface area contributed by atoms with Gasteiger partial charge in [-0.15, -0.1) is 0 Å². The number of nitrogens with zero attached hydrogens (tertiary/aromatic N) is 1. The van der Waals surface area contributed by atoms with Crippen LogP contribution in [0.15, 0.2) is 18.2 Å². The molecule has 7 nitrogen and oxygen atoms in total. The quantitative estimate of drug-likeness (QED) is 0.789. The first-order valence-electron chi connectivity index (χ1n) is 9.61. The van der Waals surface area contributed by atoms with Gasteiger partial charge in [0.25, 0.3) is 0 Å². The Hall–Kier alpha value is -2.41. The largest absolute Gasteiger partial charge is 0.376 e. The number of rotatable bonds is 4. The molecule has 0 bridgehead atoms. The van der Waals surface area contributed by atoms with Crippen molar-refractivity contribution in [2.24, 2.45) is 5.92 Å². The fraction of sp³-hybridized carbons (Fsp3) is 0.550. The molecule has 0 unspecified atom stereocenters. The van der Waals surface area contributed by atoms with Crippen LogP contribution in [0.4, 0.5) is 11.4 Å². The van der Waals surface area contributed by atoms with E-state index in [4.69, 9.17) is 4.74 Å². The molecule has 146 valence electrons. The lowest BCUT2D eigenvalue weighted by Gasteiger charge is -2.31. The SMILES string of the molecule is CC(C)C(=O)N1CCCc2ccc(NC(=O)C(=O)NC[C@@H]3CCCO3)cc21. The summed E-state index contributed by atoms with van der Waals surface area (Å²) in [5, 5.41) is 5.23. The van der Waals surface area contributed by atoms with Crippen LogP contribution in [0.2, 0.25) is 0 Å². The van der Waals surface area contributed by atoms with Crippen LogP contribution >= 0.6 is 0 Å². The number of benzene rings is 1. The van der Waals surface area contributed by atoms with E-state index in [1.54, 1.807) is 17.0 Å². The van der Waals surface area contributed by atoms with Crippen LogP contribution in [0, 0.1) is 5.92 Å². The monoisotopic (exact) mass is 373 g/mol. The average molecular weight is 373 g/mol. The summed E-state index contributed by atoms with van der Waals surface area (Å²) in [6, 6.07) is 5.46. The lowest BCUT2D eigenvalue weighted by atomic mass is 9.99. The van der Waals surface area contributed by atoms with Crippen molar-refractivity contribution in [3.05, 3.63) is 23.8 Å². The fourth-order valence-electron chi connectivity index (χ4n) is 3.47. The van der Waals surface area contributed by atoms with E-state index in [9.17, 15) is 14.4 Å². The molecular formula is C20H27N3O4. The minimum Gasteiger partial charge on any atom is -0.376 e. The molecule has 0 radical (unpaired) electrons. The minimum absolute atomic E-state index is 0.0129. The number of nitrogens with one attached hydrogen (secondary N) is 2. The van der Waals surface area contributed by atoms with Crippen LogP contribution in [0.25, 0.3) is 0 Å². The van der Waals surface area contributed by atoms with Crippen molar-refractivity contribution in [2.75, 3.05) is 29.9 Å². The highest BCUT2D eigenvalue weighted by Crippen LogP contribution is 2.31. The predicted octanol–water partition coefficient (Wildman–Crippen LogP) is 1.86. The zero-order valence-corrected chi connectivity index (χ0v) is 15.9. The van der Waals surface area contributed by atoms with Crippen LogP contribution in [-0.2, 0) is 25.5 Å². The molecule has 1 fully saturated rings. The van der Waals surface area contributed by atoms with E-state index in [2.05, 4.69) is 10.6 Å². The second kappa shape index (κ2) is 8.52. The second-order valence-electron chi connectivity index (χ2n) is 7.39. The van der Waals surface area contributed by atoms with E-state index < -0.39 is 11.8 Å². The Labute approximate surface area is 159 Å². The lowest BCUT2D eigenvalue weighted by molar-refractivity contribution is -0.136. The minimum atomic E-state index is -0.717. The third kappa shape index (κ3) is 4.66. The molecule has 2 aliphatic rings. The van der Waals surface area contributed by atoms with E-state index in [0.717, 1.165) is 36.9 Å². The van der Waals surface area contributed by atoms with E-state index >= 15 is 0 Å². The molecule has 1 atom stereocenters. The molecular weight excluding hydrogens is 346 g/mol. The number of hydrogen-bond acceptors (Lipinski definition) is 4. The third-order valence-electron chi connectivity index (χ3n) is 4.94. The van der Waals surface area contributed by atoms with Crippen LogP contribution < -0.4 is 15.5 Å². The summed E-state index contributed by atoms with van der Waals surface area (Å²) in [7, 11) is 0. The van der Waals surface area contributed by atoms with Crippen molar-refractivity contribution in [3.8, 4) is 0 Å². The second-order valence-corrected chi connectivity index (χ2v) is 7.39. The van der Waals surface area contributed by atoms with E-state index in [0.29, 0.717) is 25.4 Å². The first-order chi connectivity index (χ1) is 13.0. The molecule has 27 heavy (non-hydrogen) atoms. The third-order valence-corrected chi connectivity index (χ3v) is 4.94. The summed E-state index contributed by atoms with van der Waals surface area (Å²) in [5.74, 6) is -1.43. The molecule has 3 amide bonds. The molecule has 0 aliphatic carbocycles. The van der Waals surface area contributed by atoms with Gasteiger partial charge < -0.3 is 20.3 Å². The standard InChI is InChI=1S/C20H27N3O4/c1-13(2)20(26)23-9-3-5-14-7-8-15(11-17(14)23)22-19(25)18(24)21-12-16-6-4-10-27-16/h7-8,11,13,16H,3-6,9-10,12H2,1-2H3,(H,21,24)(H,22,25)/t16-/m0/s1. The van der Waals surface area contributed by atoms with Crippen molar-refractivity contribution < 1.29 is 19.1 Å². The molecule has 7 heteroatoms. The predicted molar refractivity (Wildman–Crippen MR) is 103 cm³/mol. The van der Waals surface area contributed by atoms with Crippen molar-refractivity contribution in [1.82, 2.24) is 5.32 Å². The van der Waals surface area contributed by atoms with Gasteiger partial charge in [0.1, 0.15) is 0 Å². The van der Waals surface area contributed by atoms with Gasteiger partial charge in [-0.2, -0.15) is 0 Å². The first-order valence-corrected chi connectivity index (χ1v) is 9.61. The Morgan fingerprint density at radius 2 is 2.04 bits per heavy atom. The number of carbonyl (C=O) groups excluding carboxylic acids is 3. The molecule has 1 saturated heterocycles. The van der Waals surface area contributed by atoms with Gasteiger partial charge in [0.15, 0.2) is 0 Å². The Balaban J connectivity index is 1.65. The zero-order chi connectivity index (χ0) is 19.4.